The van der Waals surface area contributed by atoms with E-state index >= 15 is 0 Å². The topological polar surface area (TPSA) is 12.0 Å². The highest BCUT2D eigenvalue weighted by atomic mass is 79.9. The van der Waals surface area contributed by atoms with Gasteiger partial charge in [0, 0.05) is 21.9 Å². The third kappa shape index (κ3) is 2.85. The molecule has 18 heavy (non-hydrogen) atoms. The summed E-state index contributed by atoms with van der Waals surface area (Å²) in [6.07, 6.45) is 2.70. The average Bonchev–Trinajstić information content (AvgIpc) is 3.08. The molecule has 0 aliphatic heterocycles. The van der Waals surface area contributed by atoms with E-state index in [1.54, 1.807) is 0 Å². The fourth-order valence-corrected chi connectivity index (χ4v) is 3.21. The highest BCUT2D eigenvalue weighted by Crippen LogP contribution is 2.31. The first-order chi connectivity index (χ1) is 8.72. The fraction of sp³-hybridized carbons (Fsp3) is 0.333. The predicted molar refractivity (Wildman–Crippen MR) is 82.1 cm³/mol. The van der Waals surface area contributed by atoms with Gasteiger partial charge in [0.1, 0.15) is 0 Å². The normalized spacial score (nSPS) is 15.0. The van der Waals surface area contributed by atoms with E-state index in [2.05, 4.69) is 57.8 Å². The van der Waals surface area contributed by atoms with Gasteiger partial charge in [-0.2, -0.15) is 0 Å². The molecular formula is C15H16BrNS. The van der Waals surface area contributed by atoms with Crippen LogP contribution in [0.25, 0.3) is 10.4 Å². The molecule has 1 fully saturated rings. The lowest BCUT2D eigenvalue weighted by molar-refractivity contribution is 0.689. The van der Waals surface area contributed by atoms with Crippen LogP contribution in [0.15, 0.2) is 34.1 Å². The van der Waals surface area contributed by atoms with E-state index in [9.17, 15) is 0 Å². The first kappa shape index (κ1) is 12.4. The number of hydrogen-bond donors (Lipinski definition) is 1. The number of benzene rings is 1. The minimum absolute atomic E-state index is 0.780. The number of rotatable bonds is 4. The molecule has 0 bridgehead atoms. The summed E-state index contributed by atoms with van der Waals surface area (Å²) in [6, 6.07) is 9.66. The van der Waals surface area contributed by atoms with E-state index in [0.29, 0.717) is 0 Å². The van der Waals surface area contributed by atoms with Crippen LogP contribution in [0.3, 0.4) is 0 Å². The molecule has 1 nitrogen and oxygen atoms in total. The Morgan fingerprint density at radius 2 is 2.17 bits per heavy atom. The van der Waals surface area contributed by atoms with Crippen LogP contribution < -0.4 is 5.32 Å². The summed E-state index contributed by atoms with van der Waals surface area (Å²) in [4.78, 5) is 1.35. The number of thiophene rings is 1. The van der Waals surface area contributed by atoms with Gasteiger partial charge in [-0.1, -0.05) is 28.1 Å². The summed E-state index contributed by atoms with van der Waals surface area (Å²) in [5.41, 5.74) is 3.99. The summed E-state index contributed by atoms with van der Waals surface area (Å²) in [6.45, 7) is 3.13. The van der Waals surface area contributed by atoms with Crippen molar-refractivity contribution in [2.45, 2.75) is 32.4 Å². The summed E-state index contributed by atoms with van der Waals surface area (Å²) >= 11 is 5.43. The molecule has 2 aromatic rings. The molecule has 0 atom stereocenters. The van der Waals surface area contributed by atoms with E-state index in [-0.39, 0.29) is 0 Å². The van der Waals surface area contributed by atoms with Crippen LogP contribution >= 0.6 is 27.3 Å². The molecule has 3 heteroatoms. The first-order valence-electron chi connectivity index (χ1n) is 6.30. The van der Waals surface area contributed by atoms with Crippen molar-refractivity contribution in [3.8, 4) is 10.4 Å². The Morgan fingerprint density at radius 1 is 1.33 bits per heavy atom. The predicted octanol–water partition coefficient (Wildman–Crippen LogP) is 4.74. The summed E-state index contributed by atoms with van der Waals surface area (Å²) in [5.74, 6) is 0. The fourth-order valence-electron chi connectivity index (χ4n) is 1.92. The lowest BCUT2D eigenvalue weighted by Gasteiger charge is -2.02. The Labute approximate surface area is 120 Å². The number of aryl methyl sites for hydroxylation is 1. The zero-order valence-corrected chi connectivity index (χ0v) is 12.8. The van der Waals surface area contributed by atoms with Gasteiger partial charge in [-0.05, 0) is 54.0 Å². The third-order valence-corrected chi connectivity index (χ3v) is 5.16. The largest absolute Gasteiger partial charge is 0.310 e. The van der Waals surface area contributed by atoms with Crippen LogP contribution in [0, 0.1) is 6.92 Å². The average molecular weight is 322 g/mol. The van der Waals surface area contributed by atoms with Crippen LogP contribution in [0.2, 0.25) is 0 Å². The van der Waals surface area contributed by atoms with E-state index in [1.807, 2.05) is 11.3 Å². The van der Waals surface area contributed by atoms with Crippen molar-refractivity contribution in [2.24, 2.45) is 0 Å². The Bertz CT molecular complexity index is 557. The van der Waals surface area contributed by atoms with Crippen molar-refractivity contribution in [3.63, 3.8) is 0 Å². The Morgan fingerprint density at radius 3 is 2.89 bits per heavy atom. The van der Waals surface area contributed by atoms with Crippen LogP contribution in [-0.2, 0) is 6.54 Å². The molecule has 0 unspecified atom stereocenters. The van der Waals surface area contributed by atoms with Gasteiger partial charge < -0.3 is 5.32 Å². The van der Waals surface area contributed by atoms with Crippen molar-refractivity contribution in [3.05, 3.63) is 45.2 Å². The summed E-state index contributed by atoms with van der Waals surface area (Å²) < 4.78 is 1.19. The van der Waals surface area contributed by atoms with Gasteiger partial charge in [0.15, 0.2) is 0 Å². The molecule has 0 spiro atoms. The van der Waals surface area contributed by atoms with Crippen molar-refractivity contribution in [1.82, 2.24) is 5.32 Å². The number of halogens is 1. The van der Waals surface area contributed by atoms with Crippen LogP contribution in [-0.4, -0.2) is 6.04 Å². The molecule has 3 rings (SSSR count). The second-order valence-electron chi connectivity index (χ2n) is 4.94. The SMILES string of the molecule is Cc1ccc(-c2cc(CNC3CC3)cs2)cc1Br. The standard InChI is InChI=1S/C15H16BrNS/c1-10-2-3-12(7-14(10)16)15-6-11(9-18-15)8-17-13-4-5-13/h2-3,6-7,9,13,17H,4-5,8H2,1H3. The molecule has 1 N–H and O–H groups in total. The van der Waals surface area contributed by atoms with Gasteiger partial charge in [-0.3, -0.25) is 0 Å². The lowest BCUT2D eigenvalue weighted by Crippen LogP contribution is -2.14. The smallest absolute Gasteiger partial charge is 0.0346 e. The molecule has 94 valence electrons. The van der Waals surface area contributed by atoms with Crippen molar-refractivity contribution in [2.75, 3.05) is 0 Å². The van der Waals surface area contributed by atoms with Gasteiger partial charge in [-0.15, -0.1) is 11.3 Å². The molecule has 0 amide bonds. The summed E-state index contributed by atoms with van der Waals surface area (Å²) in [5, 5.41) is 5.82. The van der Waals surface area contributed by atoms with Crippen LogP contribution in [0.4, 0.5) is 0 Å². The lowest BCUT2D eigenvalue weighted by atomic mass is 10.1. The van der Waals surface area contributed by atoms with Gasteiger partial charge in [0.05, 0.1) is 0 Å². The second-order valence-corrected chi connectivity index (χ2v) is 6.70. The van der Waals surface area contributed by atoms with Gasteiger partial charge in [0.25, 0.3) is 0 Å². The number of nitrogens with one attached hydrogen (secondary N) is 1. The minimum Gasteiger partial charge on any atom is -0.310 e. The van der Waals surface area contributed by atoms with Gasteiger partial charge in [-0.25, -0.2) is 0 Å². The molecule has 0 radical (unpaired) electrons. The van der Waals surface area contributed by atoms with Gasteiger partial charge in [0.2, 0.25) is 0 Å². The van der Waals surface area contributed by atoms with E-state index in [4.69, 9.17) is 0 Å². The van der Waals surface area contributed by atoms with Crippen molar-refractivity contribution >= 4 is 27.3 Å². The van der Waals surface area contributed by atoms with E-state index in [0.717, 1.165) is 12.6 Å². The maximum atomic E-state index is 3.60. The number of hydrogen-bond acceptors (Lipinski definition) is 2. The molecule has 1 aromatic carbocycles. The quantitative estimate of drug-likeness (QED) is 0.857. The molecule has 1 heterocycles. The highest BCUT2D eigenvalue weighted by molar-refractivity contribution is 9.10. The molecule has 1 aliphatic rings. The Balaban J connectivity index is 1.76. The van der Waals surface area contributed by atoms with E-state index < -0.39 is 0 Å². The van der Waals surface area contributed by atoms with Crippen molar-refractivity contribution < 1.29 is 0 Å². The molecule has 1 aromatic heterocycles. The molecule has 0 saturated heterocycles. The first-order valence-corrected chi connectivity index (χ1v) is 7.97. The zero-order valence-electron chi connectivity index (χ0n) is 10.4. The maximum absolute atomic E-state index is 3.60. The van der Waals surface area contributed by atoms with Crippen molar-refractivity contribution in [1.29, 1.82) is 0 Å². The Kier molecular flexibility index (Phi) is 3.55. The second kappa shape index (κ2) is 5.16. The molecular weight excluding hydrogens is 306 g/mol. The highest BCUT2D eigenvalue weighted by Gasteiger charge is 2.20. The van der Waals surface area contributed by atoms with Gasteiger partial charge >= 0.3 is 0 Å². The molecule has 1 saturated carbocycles. The Hall–Kier alpha value is -0.640. The maximum Gasteiger partial charge on any atom is 0.0346 e. The van der Waals surface area contributed by atoms with Crippen LogP contribution in [0.1, 0.15) is 24.0 Å². The van der Waals surface area contributed by atoms with E-state index in [1.165, 1.54) is 38.9 Å². The molecule has 1 aliphatic carbocycles. The summed E-state index contributed by atoms with van der Waals surface area (Å²) in [7, 11) is 0. The minimum atomic E-state index is 0.780. The third-order valence-electron chi connectivity index (χ3n) is 3.28. The van der Waals surface area contributed by atoms with Crippen LogP contribution in [0.5, 0.6) is 0 Å². The zero-order chi connectivity index (χ0) is 12.5. The monoisotopic (exact) mass is 321 g/mol.